The van der Waals surface area contributed by atoms with Crippen LogP contribution in [-0.4, -0.2) is 35.4 Å². The fourth-order valence-electron chi connectivity index (χ4n) is 3.57. The minimum absolute atomic E-state index is 0.0805. The maximum atomic E-state index is 12.4. The average Bonchev–Trinajstić information content (AvgIpc) is 3.29. The van der Waals surface area contributed by atoms with Crippen molar-refractivity contribution in [1.29, 1.82) is 0 Å². The minimum atomic E-state index is 0.0805. The van der Waals surface area contributed by atoms with Crippen LogP contribution in [0.25, 0.3) is 10.2 Å². The number of aromatic nitrogens is 1. The average molecular weight is 400 g/mol. The number of carbonyl (C=O) groups excluding carboxylic acids is 1. The molecule has 0 aliphatic carbocycles. The van der Waals surface area contributed by atoms with Crippen LogP contribution in [0.1, 0.15) is 29.5 Å². The number of para-hydroxylation sites is 1. The van der Waals surface area contributed by atoms with Gasteiger partial charge in [-0.1, -0.05) is 35.9 Å². The molecule has 2 aromatic carbocycles. The highest BCUT2D eigenvalue weighted by molar-refractivity contribution is 7.18. The van der Waals surface area contributed by atoms with Gasteiger partial charge in [-0.05, 0) is 55.6 Å². The molecule has 1 unspecified atom stereocenters. The lowest BCUT2D eigenvalue weighted by atomic mass is 10.1. The van der Waals surface area contributed by atoms with E-state index in [1.165, 1.54) is 10.3 Å². The fraction of sp³-hybridized carbons (Fsp3) is 0.333. The van der Waals surface area contributed by atoms with Gasteiger partial charge in [0.15, 0.2) is 0 Å². The first-order valence-electron chi connectivity index (χ1n) is 9.30. The van der Waals surface area contributed by atoms with Gasteiger partial charge in [0.1, 0.15) is 5.01 Å². The standard InChI is InChI=1S/C21H22ClN3OS/c22-16-9-7-15(8-10-16)11-12-23-20(26)14-25-13-3-5-18(25)21-24-17-4-1-2-6-19(17)27-21/h1-2,4,6-10,18H,3,5,11-14H2,(H,23,26). The van der Waals surface area contributed by atoms with Gasteiger partial charge in [0, 0.05) is 11.6 Å². The van der Waals surface area contributed by atoms with E-state index >= 15 is 0 Å². The van der Waals surface area contributed by atoms with Crippen LogP contribution in [0.15, 0.2) is 48.5 Å². The van der Waals surface area contributed by atoms with Gasteiger partial charge in [-0.3, -0.25) is 9.69 Å². The summed E-state index contributed by atoms with van der Waals surface area (Å²) in [6, 6.07) is 16.2. The van der Waals surface area contributed by atoms with E-state index in [9.17, 15) is 4.79 Å². The normalized spacial score (nSPS) is 17.4. The Morgan fingerprint density at radius 2 is 2.04 bits per heavy atom. The maximum absolute atomic E-state index is 12.4. The lowest BCUT2D eigenvalue weighted by Gasteiger charge is -2.22. The smallest absolute Gasteiger partial charge is 0.234 e. The number of likely N-dealkylation sites (tertiary alicyclic amines) is 1. The summed E-state index contributed by atoms with van der Waals surface area (Å²) < 4.78 is 1.21. The molecule has 3 aromatic rings. The highest BCUT2D eigenvalue weighted by Gasteiger charge is 2.29. The molecule has 0 saturated carbocycles. The molecule has 27 heavy (non-hydrogen) atoms. The van der Waals surface area contributed by atoms with E-state index in [-0.39, 0.29) is 11.9 Å². The van der Waals surface area contributed by atoms with Crippen molar-refractivity contribution in [1.82, 2.24) is 15.2 Å². The van der Waals surface area contributed by atoms with Crippen molar-refractivity contribution in [2.45, 2.75) is 25.3 Å². The Morgan fingerprint density at radius 3 is 2.85 bits per heavy atom. The van der Waals surface area contributed by atoms with Crippen LogP contribution in [0, 0.1) is 0 Å². The predicted octanol–water partition coefficient (Wildman–Crippen LogP) is 4.45. The number of hydrogen-bond acceptors (Lipinski definition) is 4. The van der Waals surface area contributed by atoms with Crippen molar-refractivity contribution in [2.75, 3.05) is 19.6 Å². The quantitative estimate of drug-likeness (QED) is 0.666. The van der Waals surface area contributed by atoms with E-state index in [1.54, 1.807) is 11.3 Å². The van der Waals surface area contributed by atoms with E-state index in [1.807, 2.05) is 36.4 Å². The molecule has 4 rings (SSSR count). The van der Waals surface area contributed by atoms with Crippen LogP contribution >= 0.6 is 22.9 Å². The molecule has 4 nitrogen and oxygen atoms in total. The number of hydrogen-bond donors (Lipinski definition) is 1. The third-order valence-electron chi connectivity index (χ3n) is 4.95. The van der Waals surface area contributed by atoms with Crippen LogP contribution < -0.4 is 5.32 Å². The summed E-state index contributed by atoms with van der Waals surface area (Å²) >= 11 is 7.65. The van der Waals surface area contributed by atoms with E-state index in [0.717, 1.165) is 41.4 Å². The monoisotopic (exact) mass is 399 g/mol. The molecule has 0 spiro atoms. The number of thiazole rings is 1. The van der Waals surface area contributed by atoms with Gasteiger partial charge in [-0.15, -0.1) is 11.3 Å². The molecule has 140 valence electrons. The zero-order chi connectivity index (χ0) is 18.6. The second-order valence-electron chi connectivity index (χ2n) is 6.87. The highest BCUT2D eigenvalue weighted by atomic mass is 35.5. The second-order valence-corrected chi connectivity index (χ2v) is 8.37. The first-order valence-corrected chi connectivity index (χ1v) is 10.5. The largest absolute Gasteiger partial charge is 0.355 e. The summed E-state index contributed by atoms with van der Waals surface area (Å²) in [6.45, 7) is 2.02. The molecule has 1 aliphatic heterocycles. The molecule has 6 heteroatoms. The molecule has 1 saturated heterocycles. The van der Waals surface area contributed by atoms with Crippen molar-refractivity contribution in [2.24, 2.45) is 0 Å². The molecular formula is C21H22ClN3OS. The zero-order valence-corrected chi connectivity index (χ0v) is 16.6. The van der Waals surface area contributed by atoms with Gasteiger partial charge in [-0.2, -0.15) is 0 Å². The number of nitrogens with one attached hydrogen (secondary N) is 1. The number of rotatable bonds is 6. The van der Waals surface area contributed by atoms with Gasteiger partial charge in [-0.25, -0.2) is 4.98 Å². The zero-order valence-electron chi connectivity index (χ0n) is 15.0. The third kappa shape index (κ3) is 4.49. The topological polar surface area (TPSA) is 45.2 Å². The van der Waals surface area contributed by atoms with Gasteiger partial charge in [0.25, 0.3) is 0 Å². The Kier molecular flexibility index (Phi) is 5.72. The number of benzene rings is 2. The van der Waals surface area contributed by atoms with Crippen molar-refractivity contribution >= 4 is 39.1 Å². The molecule has 1 N–H and O–H groups in total. The Morgan fingerprint density at radius 1 is 1.22 bits per heavy atom. The highest BCUT2D eigenvalue weighted by Crippen LogP contribution is 2.36. The van der Waals surface area contributed by atoms with E-state index in [4.69, 9.17) is 16.6 Å². The molecule has 1 fully saturated rings. The number of carbonyl (C=O) groups is 1. The summed E-state index contributed by atoms with van der Waals surface area (Å²) in [7, 11) is 0. The molecule has 1 atom stereocenters. The number of nitrogens with zero attached hydrogens (tertiary/aromatic N) is 2. The lowest BCUT2D eigenvalue weighted by Crippen LogP contribution is -2.37. The summed E-state index contributed by atoms with van der Waals surface area (Å²) in [6.07, 6.45) is 2.99. The Hall–Kier alpha value is -1.95. The third-order valence-corrected chi connectivity index (χ3v) is 6.34. The van der Waals surface area contributed by atoms with Crippen molar-refractivity contribution < 1.29 is 4.79 Å². The maximum Gasteiger partial charge on any atom is 0.234 e. The molecule has 1 aromatic heterocycles. The van der Waals surface area contributed by atoms with Crippen molar-refractivity contribution in [3.8, 4) is 0 Å². The molecule has 1 amide bonds. The van der Waals surface area contributed by atoms with Crippen LogP contribution in [-0.2, 0) is 11.2 Å². The van der Waals surface area contributed by atoms with Crippen LogP contribution in [0.4, 0.5) is 0 Å². The molecule has 0 bridgehead atoms. The fourth-order valence-corrected chi connectivity index (χ4v) is 4.83. The van der Waals surface area contributed by atoms with Gasteiger partial charge >= 0.3 is 0 Å². The van der Waals surface area contributed by atoms with Crippen LogP contribution in [0.5, 0.6) is 0 Å². The van der Waals surface area contributed by atoms with Gasteiger partial charge < -0.3 is 5.32 Å². The Labute approximate surface area is 168 Å². The number of amides is 1. The van der Waals surface area contributed by atoms with E-state index < -0.39 is 0 Å². The summed E-state index contributed by atoms with van der Waals surface area (Å²) in [4.78, 5) is 19.5. The van der Waals surface area contributed by atoms with Crippen LogP contribution in [0.3, 0.4) is 0 Å². The summed E-state index contributed by atoms with van der Waals surface area (Å²) in [5, 5.41) is 4.90. The molecule has 0 radical (unpaired) electrons. The van der Waals surface area contributed by atoms with Gasteiger partial charge in [0.05, 0.1) is 22.8 Å². The van der Waals surface area contributed by atoms with E-state index in [2.05, 4.69) is 22.3 Å². The second kappa shape index (κ2) is 8.38. The SMILES string of the molecule is O=C(CN1CCCC1c1nc2ccccc2s1)NCCc1ccc(Cl)cc1. The minimum Gasteiger partial charge on any atom is -0.355 e. The molecule has 2 heterocycles. The number of halogens is 1. The Bertz CT molecular complexity index is 892. The summed E-state index contributed by atoms with van der Waals surface area (Å²) in [5.41, 5.74) is 2.23. The molecular weight excluding hydrogens is 378 g/mol. The lowest BCUT2D eigenvalue weighted by molar-refractivity contribution is -0.122. The first kappa shape index (κ1) is 18.4. The van der Waals surface area contributed by atoms with Gasteiger partial charge in [0.2, 0.25) is 5.91 Å². The van der Waals surface area contributed by atoms with Crippen molar-refractivity contribution in [3.63, 3.8) is 0 Å². The van der Waals surface area contributed by atoms with E-state index in [0.29, 0.717) is 13.1 Å². The predicted molar refractivity (Wildman–Crippen MR) is 111 cm³/mol. The first-order chi connectivity index (χ1) is 13.2. The van der Waals surface area contributed by atoms with Crippen LogP contribution in [0.2, 0.25) is 5.02 Å². The summed E-state index contributed by atoms with van der Waals surface area (Å²) in [5.74, 6) is 0.0805. The molecule has 1 aliphatic rings. The van der Waals surface area contributed by atoms with Crippen molar-refractivity contribution in [3.05, 3.63) is 64.1 Å². The number of fused-ring (bicyclic) bond motifs is 1. The Balaban J connectivity index is 1.32.